The number of rotatable bonds is 5. The summed E-state index contributed by atoms with van der Waals surface area (Å²) in [7, 11) is 0. The summed E-state index contributed by atoms with van der Waals surface area (Å²) in [5.74, 6) is 2.90. The quantitative estimate of drug-likeness (QED) is 0.347. The summed E-state index contributed by atoms with van der Waals surface area (Å²) in [5, 5.41) is 6.69. The van der Waals surface area contributed by atoms with Gasteiger partial charge < -0.3 is 10.6 Å². The van der Waals surface area contributed by atoms with Crippen LogP contribution in [0.5, 0.6) is 0 Å². The fraction of sp³-hybridized carbons (Fsp3) is 0.900. The van der Waals surface area contributed by atoms with Crippen molar-refractivity contribution in [2.45, 2.75) is 26.3 Å². The van der Waals surface area contributed by atoms with Crippen molar-refractivity contribution in [3.63, 3.8) is 0 Å². The Morgan fingerprint density at radius 2 is 2.20 bits per heavy atom. The maximum Gasteiger partial charge on any atom is 0.191 e. The fourth-order valence-corrected chi connectivity index (χ4v) is 1.54. The summed E-state index contributed by atoms with van der Waals surface area (Å²) >= 11 is 1.83. The third-order valence-electron chi connectivity index (χ3n) is 2.34. The van der Waals surface area contributed by atoms with Crippen molar-refractivity contribution in [1.82, 2.24) is 10.6 Å². The van der Waals surface area contributed by atoms with Crippen LogP contribution in [-0.4, -0.2) is 37.1 Å². The highest BCUT2D eigenvalue weighted by atomic mass is 127. The third-order valence-corrected chi connectivity index (χ3v) is 2.93. The van der Waals surface area contributed by atoms with Crippen molar-refractivity contribution in [3.8, 4) is 0 Å². The Kier molecular flexibility index (Phi) is 8.69. The molecule has 0 heterocycles. The highest BCUT2D eigenvalue weighted by Gasteiger charge is 2.33. The molecule has 0 amide bonds. The van der Waals surface area contributed by atoms with Gasteiger partial charge in [0.05, 0.1) is 6.54 Å². The monoisotopic (exact) mass is 343 g/mol. The number of halogens is 1. The van der Waals surface area contributed by atoms with Crippen molar-refractivity contribution in [2.24, 2.45) is 10.9 Å². The fourth-order valence-electron chi connectivity index (χ4n) is 1.27. The molecule has 0 saturated heterocycles. The summed E-state index contributed by atoms with van der Waals surface area (Å²) in [4.78, 5) is 4.49. The van der Waals surface area contributed by atoms with Crippen LogP contribution in [0.15, 0.2) is 4.99 Å². The first-order valence-electron chi connectivity index (χ1n) is 5.31. The van der Waals surface area contributed by atoms with Gasteiger partial charge in [0.1, 0.15) is 0 Å². The molecule has 2 unspecified atom stereocenters. The lowest BCUT2D eigenvalue weighted by molar-refractivity contribution is 0.769. The molecule has 0 aromatic carbocycles. The van der Waals surface area contributed by atoms with Crippen molar-refractivity contribution in [2.75, 3.05) is 25.1 Å². The summed E-state index contributed by atoms with van der Waals surface area (Å²) in [6.45, 7) is 6.20. The molecular weight excluding hydrogens is 321 g/mol. The van der Waals surface area contributed by atoms with Crippen LogP contribution in [0.3, 0.4) is 0 Å². The predicted molar refractivity (Wildman–Crippen MR) is 80.5 cm³/mol. The first-order chi connectivity index (χ1) is 6.77. The van der Waals surface area contributed by atoms with E-state index >= 15 is 0 Å². The lowest BCUT2D eigenvalue weighted by atomic mass is 10.5. The van der Waals surface area contributed by atoms with Gasteiger partial charge in [0.25, 0.3) is 0 Å². The molecule has 1 fully saturated rings. The third kappa shape index (κ3) is 6.50. The smallest absolute Gasteiger partial charge is 0.191 e. The Morgan fingerprint density at radius 3 is 2.67 bits per heavy atom. The Bertz CT molecular complexity index is 199. The van der Waals surface area contributed by atoms with Gasteiger partial charge in [0.15, 0.2) is 5.96 Å². The van der Waals surface area contributed by atoms with Crippen LogP contribution in [0.2, 0.25) is 0 Å². The van der Waals surface area contributed by atoms with Gasteiger partial charge in [-0.2, -0.15) is 11.8 Å². The number of hydrogen-bond donors (Lipinski definition) is 2. The molecule has 1 saturated carbocycles. The molecule has 0 radical (unpaired) electrons. The van der Waals surface area contributed by atoms with Crippen LogP contribution < -0.4 is 10.6 Å². The maximum atomic E-state index is 4.49. The average molecular weight is 343 g/mol. The van der Waals surface area contributed by atoms with Gasteiger partial charge in [-0.1, -0.05) is 6.92 Å². The van der Waals surface area contributed by atoms with E-state index in [4.69, 9.17) is 0 Å². The Balaban J connectivity index is 0.00000196. The minimum Gasteiger partial charge on any atom is -0.357 e. The number of guanidine groups is 1. The zero-order valence-corrected chi connectivity index (χ0v) is 12.9. The molecule has 1 aliphatic carbocycles. The van der Waals surface area contributed by atoms with E-state index in [1.165, 1.54) is 6.42 Å². The van der Waals surface area contributed by atoms with Crippen LogP contribution in [0.25, 0.3) is 0 Å². The zero-order valence-electron chi connectivity index (χ0n) is 9.75. The lowest BCUT2D eigenvalue weighted by Crippen LogP contribution is -2.39. The molecule has 0 spiro atoms. The second-order valence-electron chi connectivity index (χ2n) is 3.72. The molecule has 1 aliphatic rings. The summed E-state index contributed by atoms with van der Waals surface area (Å²) in [6.07, 6.45) is 3.39. The van der Waals surface area contributed by atoms with Crippen molar-refractivity contribution in [1.29, 1.82) is 0 Å². The standard InChI is InChI=1S/C10H21N3S.HI/c1-4-11-10(12-5-6-14-3)13-9-7-8(9)2;/h8-9H,4-7H2,1-3H3,(H2,11,12,13);1H. The second kappa shape index (κ2) is 8.50. The zero-order chi connectivity index (χ0) is 10.4. The van der Waals surface area contributed by atoms with Gasteiger partial charge in [0.2, 0.25) is 0 Å². The predicted octanol–water partition coefficient (Wildman–Crippen LogP) is 1.93. The van der Waals surface area contributed by atoms with Gasteiger partial charge in [-0.05, 0) is 25.5 Å². The molecular formula is C10H22IN3S. The van der Waals surface area contributed by atoms with Gasteiger partial charge in [-0.3, -0.25) is 4.99 Å². The molecule has 2 atom stereocenters. The first kappa shape index (κ1) is 15.3. The molecule has 2 N–H and O–H groups in total. The van der Waals surface area contributed by atoms with Crippen molar-refractivity contribution >= 4 is 41.7 Å². The van der Waals surface area contributed by atoms with E-state index in [-0.39, 0.29) is 24.0 Å². The van der Waals surface area contributed by atoms with E-state index in [2.05, 4.69) is 35.7 Å². The second-order valence-corrected chi connectivity index (χ2v) is 4.70. The van der Waals surface area contributed by atoms with E-state index < -0.39 is 0 Å². The normalized spacial score (nSPS) is 24.3. The number of thioether (sulfide) groups is 1. The average Bonchev–Trinajstić information content (AvgIpc) is 2.82. The molecule has 90 valence electrons. The highest BCUT2D eigenvalue weighted by Crippen LogP contribution is 2.28. The molecule has 0 bridgehead atoms. The van der Waals surface area contributed by atoms with Crippen molar-refractivity contribution < 1.29 is 0 Å². The van der Waals surface area contributed by atoms with Gasteiger partial charge >= 0.3 is 0 Å². The van der Waals surface area contributed by atoms with E-state index in [0.29, 0.717) is 6.04 Å². The molecule has 1 rings (SSSR count). The lowest BCUT2D eigenvalue weighted by Gasteiger charge is -2.10. The van der Waals surface area contributed by atoms with Crippen LogP contribution >= 0.6 is 35.7 Å². The Hall–Kier alpha value is 0.350. The SMILES string of the molecule is CCNC(=NCCSC)NC1CC1C.I. The molecule has 5 heteroatoms. The Morgan fingerprint density at radius 1 is 1.53 bits per heavy atom. The maximum absolute atomic E-state index is 4.49. The van der Waals surface area contributed by atoms with Crippen molar-refractivity contribution in [3.05, 3.63) is 0 Å². The Labute approximate surface area is 114 Å². The van der Waals surface area contributed by atoms with E-state index in [1.807, 2.05) is 11.8 Å². The summed E-state index contributed by atoms with van der Waals surface area (Å²) in [6, 6.07) is 0.655. The summed E-state index contributed by atoms with van der Waals surface area (Å²) in [5.41, 5.74) is 0. The van der Waals surface area contributed by atoms with Crippen LogP contribution in [0, 0.1) is 5.92 Å². The van der Waals surface area contributed by atoms with Crippen LogP contribution in [0.1, 0.15) is 20.3 Å². The number of nitrogens with one attached hydrogen (secondary N) is 2. The molecule has 15 heavy (non-hydrogen) atoms. The van der Waals surface area contributed by atoms with E-state index in [9.17, 15) is 0 Å². The van der Waals surface area contributed by atoms with E-state index in [0.717, 1.165) is 30.7 Å². The molecule has 0 aromatic rings. The molecule has 3 nitrogen and oxygen atoms in total. The molecule has 0 aliphatic heterocycles. The topological polar surface area (TPSA) is 36.4 Å². The van der Waals surface area contributed by atoms with Gasteiger partial charge in [-0.15, -0.1) is 24.0 Å². The minimum absolute atomic E-state index is 0. The van der Waals surface area contributed by atoms with E-state index in [1.54, 1.807) is 0 Å². The number of nitrogens with zero attached hydrogens (tertiary/aromatic N) is 1. The van der Waals surface area contributed by atoms with Crippen LogP contribution in [-0.2, 0) is 0 Å². The minimum atomic E-state index is 0. The molecule has 0 aromatic heterocycles. The summed E-state index contributed by atoms with van der Waals surface area (Å²) < 4.78 is 0. The number of aliphatic imine (C=N–C) groups is 1. The highest BCUT2D eigenvalue weighted by molar-refractivity contribution is 14.0. The first-order valence-corrected chi connectivity index (χ1v) is 6.71. The van der Waals surface area contributed by atoms with Gasteiger partial charge in [-0.25, -0.2) is 0 Å². The largest absolute Gasteiger partial charge is 0.357 e. The van der Waals surface area contributed by atoms with Crippen LogP contribution in [0.4, 0.5) is 0 Å². The number of hydrogen-bond acceptors (Lipinski definition) is 2. The van der Waals surface area contributed by atoms with Gasteiger partial charge in [0, 0.05) is 18.3 Å².